The van der Waals surface area contributed by atoms with Crippen LogP contribution in [0.25, 0.3) is 0 Å². The molecule has 0 spiro atoms. The van der Waals surface area contributed by atoms with E-state index in [0.717, 1.165) is 16.9 Å². The van der Waals surface area contributed by atoms with Gasteiger partial charge in [-0.25, -0.2) is 8.42 Å². The predicted molar refractivity (Wildman–Crippen MR) is 101 cm³/mol. The highest BCUT2D eigenvalue weighted by atomic mass is 32.2. The summed E-state index contributed by atoms with van der Waals surface area (Å²) in [6.07, 6.45) is 3.51. The van der Waals surface area contributed by atoms with E-state index in [1.54, 1.807) is 55.3 Å². The quantitative estimate of drug-likeness (QED) is 0.695. The van der Waals surface area contributed by atoms with Crippen molar-refractivity contribution in [1.82, 2.24) is 14.8 Å². The average molecular weight is 371 g/mol. The first-order valence-corrected chi connectivity index (χ1v) is 9.61. The van der Waals surface area contributed by atoms with Gasteiger partial charge in [-0.1, -0.05) is 6.07 Å². The van der Waals surface area contributed by atoms with Crippen molar-refractivity contribution in [2.45, 2.75) is 25.3 Å². The maximum atomic E-state index is 12.6. The number of nitrogens with zero attached hydrogens (tertiary/aromatic N) is 3. The molecule has 1 aromatic carbocycles. The van der Waals surface area contributed by atoms with Crippen molar-refractivity contribution in [3.63, 3.8) is 0 Å². The predicted octanol–water partition coefficient (Wildman–Crippen LogP) is 2.84. The normalized spacial score (nSPS) is 11.3. The lowest BCUT2D eigenvalue weighted by atomic mass is 10.2. The van der Waals surface area contributed by atoms with Crippen LogP contribution in [0.4, 0.5) is 11.4 Å². The number of hydrogen-bond donors (Lipinski definition) is 2. The smallest absolute Gasteiger partial charge is 0.262 e. The molecule has 7 nitrogen and oxygen atoms in total. The van der Waals surface area contributed by atoms with E-state index >= 15 is 0 Å². The Hall–Kier alpha value is -2.87. The van der Waals surface area contributed by atoms with Crippen LogP contribution in [0.2, 0.25) is 0 Å². The topological polar surface area (TPSA) is 88.9 Å². The minimum Gasteiger partial charge on any atom is -0.381 e. The van der Waals surface area contributed by atoms with Crippen molar-refractivity contribution in [3.8, 4) is 0 Å². The number of nitrogens with one attached hydrogen (secondary N) is 2. The Kier molecular flexibility index (Phi) is 4.94. The number of anilines is 2. The molecule has 0 unspecified atom stereocenters. The second-order valence-corrected chi connectivity index (χ2v) is 7.70. The van der Waals surface area contributed by atoms with Crippen LogP contribution in [0.1, 0.15) is 17.0 Å². The Labute approximate surface area is 153 Å². The first kappa shape index (κ1) is 17.9. The third kappa shape index (κ3) is 3.85. The summed E-state index contributed by atoms with van der Waals surface area (Å²) in [6, 6.07) is 10.5. The van der Waals surface area contributed by atoms with Gasteiger partial charge in [-0.2, -0.15) is 5.10 Å². The maximum Gasteiger partial charge on any atom is 0.262 e. The van der Waals surface area contributed by atoms with Crippen LogP contribution in [0.15, 0.2) is 53.7 Å². The molecule has 0 fully saturated rings. The molecule has 2 aromatic heterocycles. The number of aromatic nitrogens is 3. The summed E-state index contributed by atoms with van der Waals surface area (Å²) in [5, 5.41) is 7.47. The molecule has 0 radical (unpaired) electrons. The minimum atomic E-state index is -3.67. The Morgan fingerprint density at radius 2 is 1.85 bits per heavy atom. The summed E-state index contributed by atoms with van der Waals surface area (Å²) in [6.45, 7) is 4.21. The van der Waals surface area contributed by atoms with Gasteiger partial charge in [0.25, 0.3) is 10.0 Å². The number of hydrogen-bond acceptors (Lipinski definition) is 5. The Bertz CT molecular complexity index is 996. The highest BCUT2D eigenvalue weighted by Gasteiger charge is 2.19. The molecule has 2 heterocycles. The summed E-state index contributed by atoms with van der Waals surface area (Å²) >= 11 is 0. The second kappa shape index (κ2) is 7.17. The molecule has 0 bridgehead atoms. The van der Waals surface area contributed by atoms with Crippen LogP contribution in [0.3, 0.4) is 0 Å². The lowest BCUT2D eigenvalue weighted by Gasteiger charge is -2.10. The third-order valence-corrected chi connectivity index (χ3v) is 5.50. The third-order valence-electron chi connectivity index (χ3n) is 4.13. The molecular weight excluding hydrogens is 350 g/mol. The van der Waals surface area contributed by atoms with Crippen molar-refractivity contribution in [3.05, 3.63) is 65.7 Å². The SMILES string of the molecule is Cc1nn(C)c(C)c1NS(=O)(=O)c1ccc(NCc2cccnc2)cc1. The van der Waals surface area contributed by atoms with Crippen molar-refractivity contribution < 1.29 is 8.42 Å². The van der Waals surface area contributed by atoms with Gasteiger partial charge in [0.2, 0.25) is 0 Å². The van der Waals surface area contributed by atoms with Gasteiger partial charge >= 0.3 is 0 Å². The molecule has 3 rings (SSSR count). The average Bonchev–Trinajstić information content (AvgIpc) is 2.87. The van der Waals surface area contributed by atoms with E-state index in [1.165, 1.54) is 0 Å². The molecule has 3 aromatic rings. The zero-order valence-corrected chi connectivity index (χ0v) is 15.7. The zero-order chi connectivity index (χ0) is 18.7. The molecule has 0 aliphatic rings. The second-order valence-electron chi connectivity index (χ2n) is 6.01. The lowest BCUT2D eigenvalue weighted by Crippen LogP contribution is -2.14. The van der Waals surface area contributed by atoms with Gasteiger partial charge in [-0.05, 0) is 49.7 Å². The van der Waals surface area contributed by atoms with Gasteiger partial charge in [0, 0.05) is 31.7 Å². The van der Waals surface area contributed by atoms with Gasteiger partial charge in [0.05, 0.1) is 22.0 Å². The van der Waals surface area contributed by atoms with E-state index < -0.39 is 10.0 Å². The molecule has 0 atom stereocenters. The van der Waals surface area contributed by atoms with E-state index in [2.05, 4.69) is 20.1 Å². The van der Waals surface area contributed by atoms with Crippen LogP contribution in [-0.2, 0) is 23.6 Å². The highest BCUT2D eigenvalue weighted by Crippen LogP contribution is 2.23. The Balaban J connectivity index is 1.72. The van der Waals surface area contributed by atoms with Crippen LogP contribution >= 0.6 is 0 Å². The summed E-state index contributed by atoms with van der Waals surface area (Å²) in [4.78, 5) is 4.27. The molecular formula is C18H21N5O2S. The number of aryl methyl sites for hydroxylation is 2. The van der Waals surface area contributed by atoms with Gasteiger partial charge in [-0.15, -0.1) is 0 Å². The fourth-order valence-electron chi connectivity index (χ4n) is 2.57. The fraction of sp³-hybridized carbons (Fsp3) is 0.222. The molecule has 8 heteroatoms. The van der Waals surface area contributed by atoms with Crippen LogP contribution < -0.4 is 10.0 Å². The summed E-state index contributed by atoms with van der Waals surface area (Å²) in [5.74, 6) is 0. The van der Waals surface area contributed by atoms with Crippen molar-refractivity contribution in [2.24, 2.45) is 7.05 Å². The molecule has 136 valence electrons. The molecule has 0 aliphatic carbocycles. The largest absolute Gasteiger partial charge is 0.381 e. The monoisotopic (exact) mass is 371 g/mol. The maximum absolute atomic E-state index is 12.6. The van der Waals surface area contributed by atoms with Crippen LogP contribution in [0, 0.1) is 13.8 Å². The zero-order valence-electron chi connectivity index (χ0n) is 14.9. The van der Waals surface area contributed by atoms with Crippen molar-refractivity contribution >= 4 is 21.4 Å². The van der Waals surface area contributed by atoms with E-state index in [1.807, 2.05) is 19.1 Å². The minimum absolute atomic E-state index is 0.201. The van der Waals surface area contributed by atoms with Gasteiger partial charge in [-0.3, -0.25) is 14.4 Å². The first-order valence-electron chi connectivity index (χ1n) is 8.12. The summed E-state index contributed by atoms with van der Waals surface area (Å²) in [5.41, 5.74) is 3.81. The molecule has 0 saturated carbocycles. The summed E-state index contributed by atoms with van der Waals surface area (Å²) in [7, 11) is -1.89. The molecule has 0 amide bonds. The van der Waals surface area contributed by atoms with Gasteiger partial charge in [0.15, 0.2) is 0 Å². The number of pyridine rings is 1. The molecule has 0 aliphatic heterocycles. The standard InChI is InChI=1S/C18H21N5O2S/c1-13-18(14(2)23(3)21-13)22-26(24,25)17-8-6-16(7-9-17)20-12-15-5-4-10-19-11-15/h4-11,20,22H,12H2,1-3H3. The summed E-state index contributed by atoms with van der Waals surface area (Å²) < 4.78 is 29.5. The Morgan fingerprint density at radius 3 is 2.42 bits per heavy atom. The molecule has 2 N–H and O–H groups in total. The van der Waals surface area contributed by atoms with Crippen LogP contribution in [-0.4, -0.2) is 23.2 Å². The Morgan fingerprint density at radius 1 is 1.12 bits per heavy atom. The van der Waals surface area contributed by atoms with E-state index in [0.29, 0.717) is 17.9 Å². The number of benzene rings is 1. The molecule has 0 saturated heterocycles. The van der Waals surface area contributed by atoms with Gasteiger partial charge < -0.3 is 5.32 Å². The number of rotatable bonds is 6. The molecule has 26 heavy (non-hydrogen) atoms. The highest BCUT2D eigenvalue weighted by molar-refractivity contribution is 7.92. The van der Waals surface area contributed by atoms with E-state index in [4.69, 9.17) is 0 Å². The van der Waals surface area contributed by atoms with Crippen molar-refractivity contribution in [1.29, 1.82) is 0 Å². The van der Waals surface area contributed by atoms with E-state index in [-0.39, 0.29) is 4.90 Å². The van der Waals surface area contributed by atoms with E-state index in [9.17, 15) is 8.42 Å². The van der Waals surface area contributed by atoms with Crippen LogP contribution in [0.5, 0.6) is 0 Å². The lowest BCUT2D eigenvalue weighted by molar-refractivity contribution is 0.601. The number of sulfonamides is 1. The first-order chi connectivity index (χ1) is 12.4. The van der Waals surface area contributed by atoms with Crippen molar-refractivity contribution in [2.75, 3.05) is 10.0 Å². The fourth-order valence-corrected chi connectivity index (χ4v) is 3.75. The van der Waals surface area contributed by atoms with Gasteiger partial charge in [0.1, 0.15) is 0 Å².